The van der Waals surface area contributed by atoms with Crippen LogP contribution < -0.4 is 24.3 Å². The van der Waals surface area contributed by atoms with Gasteiger partial charge in [0.25, 0.3) is 5.91 Å². The maximum Gasteiger partial charge on any atom is 0.272 e. The molecule has 4 rings (SSSR count). The van der Waals surface area contributed by atoms with Crippen LogP contribution in [0.1, 0.15) is 10.5 Å². The van der Waals surface area contributed by atoms with Crippen LogP contribution in [0.2, 0.25) is 0 Å². The fourth-order valence-electron chi connectivity index (χ4n) is 3.41. The smallest absolute Gasteiger partial charge is 0.272 e. The van der Waals surface area contributed by atoms with Crippen LogP contribution in [0.15, 0.2) is 54.9 Å². The molecule has 2 heterocycles. The summed E-state index contributed by atoms with van der Waals surface area (Å²) in [7, 11) is 4.65. The third-order valence-electron chi connectivity index (χ3n) is 4.92. The minimum atomic E-state index is -0.307. The van der Waals surface area contributed by atoms with Gasteiger partial charge in [0.05, 0.1) is 33.4 Å². The lowest BCUT2D eigenvalue weighted by atomic mass is 10.2. The highest BCUT2D eigenvalue weighted by Crippen LogP contribution is 2.41. The summed E-state index contributed by atoms with van der Waals surface area (Å²) in [5, 5.41) is 7.74. The number of nitrogens with one attached hydrogen (secondary N) is 2. The van der Waals surface area contributed by atoms with Crippen molar-refractivity contribution in [2.75, 3.05) is 33.3 Å². The molecule has 0 aliphatic carbocycles. The molecule has 4 aromatic rings. The minimum absolute atomic E-state index is 0.307. The molecule has 0 saturated carbocycles. The van der Waals surface area contributed by atoms with Crippen molar-refractivity contribution in [3.63, 3.8) is 0 Å². The molecule has 0 radical (unpaired) electrons. The SMILES string of the molecule is COc1cc(OC)c2cc(C(=O)Nc3cccc(OCCn4cccn4)c3)[nH]c2c1OC. The van der Waals surface area contributed by atoms with E-state index in [2.05, 4.69) is 15.4 Å². The molecule has 9 heteroatoms. The van der Waals surface area contributed by atoms with Crippen molar-refractivity contribution in [2.45, 2.75) is 6.54 Å². The number of nitrogens with zero attached hydrogens (tertiary/aromatic N) is 2. The summed E-state index contributed by atoms with van der Waals surface area (Å²) in [6.45, 7) is 1.09. The maximum atomic E-state index is 12.9. The van der Waals surface area contributed by atoms with Gasteiger partial charge >= 0.3 is 0 Å². The molecule has 9 nitrogen and oxygen atoms in total. The van der Waals surface area contributed by atoms with E-state index < -0.39 is 0 Å². The summed E-state index contributed by atoms with van der Waals surface area (Å²) in [5.74, 6) is 1.92. The van der Waals surface area contributed by atoms with Gasteiger partial charge in [0, 0.05) is 35.6 Å². The van der Waals surface area contributed by atoms with E-state index >= 15 is 0 Å². The molecule has 2 aromatic carbocycles. The minimum Gasteiger partial charge on any atom is -0.496 e. The first-order chi connectivity index (χ1) is 15.6. The monoisotopic (exact) mass is 436 g/mol. The van der Waals surface area contributed by atoms with Crippen molar-refractivity contribution < 1.29 is 23.7 Å². The number of carbonyl (C=O) groups is 1. The first-order valence-electron chi connectivity index (χ1n) is 9.96. The lowest BCUT2D eigenvalue weighted by molar-refractivity contribution is 0.102. The summed E-state index contributed by atoms with van der Waals surface area (Å²) in [5.41, 5.74) is 1.58. The fourth-order valence-corrected chi connectivity index (χ4v) is 3.41. The first-order valence-corrected chi connectivity index (χ1v) is 9.96. The van der Waals surface area contributed by atoms with Gasteiger partial charge in [-0.15, -0.1) is 0 Å². The third-order valence-corrected chi connectivity index (χ3v) is 4.92. The topological polar surface area (TPSA) is 99.6 Å². The van der Waals surface area contributed by atoms with E-state index in [0.29, 0.717) is 58.4 Å². The highest BCUT2D eigenvalue weighted by atomic mass is 16.5. The van der Waals surface area contributed by atoms with Gasteiger partial charge < -0.3 is 29.2 Å². The Morgan fingerprint density at radius 3 is 2.62 bits per heavy atom. The van der Waals surface area contributed by atoms with Crippen LogP contribution in [0.25, 0.3) is 10.9 Å². The van der Waals surface area contributed by atoms with Crippen molar-refractivity contribution in [1.29, 1.82) is 0 Å². The van der Waals surface area contributed by atoms with Gasteiger partial charge in [-0.2, -0.15) is 5.10 Å². The van der Waals surface area contributed by atoms with Crippen molar-refractivity contribution in [3.8, 4) is 23.0 Å². The molecule has 0 atom stereocenters. The van der Waals surface area contributed by atoms with Crippen LogP contribution in [0.4, 0.5) is 5.69 Å². The number of hydrogen-bond donors (Lipinski definition) is 2. The van der Waals surface area contributed by atoms with Crippen molar-refractivity contribution in [1.82, 2.24) is 14.8 Å². The summed E-state index contributed by atoms with van der Waals surface area (Å²) in [4.78, 5) is 16.0. The molecular formula is C23H24N4O5. The van der Waals surface area contributed by atoms with Crippen molar-refractivity contribution >= 4 is 22.5 Å². The normalized spacial score (nSPS) is 10.7. The van der Waals surface area contributed by atoms with Gasteiger partial charge in [0.2, 0.25) is 0 Å². The Morgan fingerprint density at radius 2 is 1.91 bits per heavy atom. The number of rotatable bonds is 9. The van der Waals surface area contributed by atoms with Crippen LogP contribution in [-0.2, 0) is 6.54 Å². The lowest BCUT2D eigenvalue weighted by Crippen LogP contribution is -2.12. The molecule has 0 aliphatic rings. The molecule has 0 spiro atoms. The predicted molar refractivity (Wildman–Crippen MR) is 120 cm³/mol. The average molecular weight is 436 g/mol. The number of carbonyl (C=O) groups excluding carboxylic acids is 1. The number of H-pyrrole nitrogens is 1. The molecule has 0 saturated heterocycles. The van der Waals surface area contributed by atoms with E-state index in [4.69, 9.17) is 18.9 Å². The van der Waals surface area contributed by atoms with Gasteiger partial charge in [0.15, 0.2) is 11.5 Å². The second-order valence-corrected chi connectivity index (χ2v) is 6.89. The first kappa shape index (κ1) is 21.1. The number of amides is 1. The third kappa shape index (κ3) is 4.31. The molecule has 32 heavy (non-hydrogen) atoms. The van der Waals surface area contributed by atoms with Gasteiger partial charge in [-0.25, -0.2) is 0 Å². The molecule has 1 amide bonds. The van der Waals surface area contributed by atoms with Gasteiger partial charge in [-0.05, 0) is 24.3 Å². The summed E-state index contributed by atoms with van der Waals surface area (Å²) >= 11 is 0. The van der Waals surface area contributed by atoms with E-state index in [1.54, 1.807) is 56.5 Å². The van der Waals surface area contributed by atoms with Crippen LogP contribution >= 0.6 is 0 Å². The summed E-state index contributed by atoms with van der Waals surface area (Å²) < 4.78 is 23.9. The Balaban J connectivity index is 1.51. The van der Waals surface area contributed by atoms with Crippen molar-refractivity contribution in [3.05, 3.63) is 60.6 Å². The molecular weight excluding hydrogens is 412 g/mol. The predicted octanol–water partition coefficient (Wildman–Crippen LogP) is 3.72. The van der Waals surface area contributed by atoms with Crippen LogP contribution in [-0.4, -0.2) is 48.6 Å². The van der Waals surface area contributed by atoms with E-state index in [0.717, 1.165) is 0 Å². The zero-order valence-electron chi connectivity index (χ0n) is 18.0. The molecule has 2 N–H and O–H groups in total. The Bertz CT molecular complexity index is 1220. The molecule has 0 unspecified atom stereocenters. The Kier molecular flexibility index (Phi) is 6.16. The van der Waals surface area contributed by atoms with Crippen LogP contribution in [0.3, 0.4) is 0 Å². The largest absolute Gasteiger partial charge is 0.496 e. The number of hydrogen-bond acceptors (Lipinski definition) is 6. The molecule has 0 aliphatic heterocycles. The van der Waals surface area contributed by atoms with E-state index in [1.165, 1.54) is 0 Å². The number of ether oxygens (including phenoxy) is 4. The number of methoxy groups -OCH3 is 3. The fraction of sp³-hybridized carbons (Fsp3) is 0.217. The Hall–Kier alpha value is -4.14. The molecule has 0 bridgehead atoms. The van der Waals surface area contributed by atoms with Gasteiger partial charge in [0.1, 0.15) is 23.8 Å². The highest BCUT2D eigenvalue weighted by Gasteiger charge is 2.19. The molecule has 2 aromatic heterocycles. The lowest BCUT2D eigenvalue weighted by Gasteiger charge is -2.11. The van der Waals surface area contributed by atoms with Crippen LogP contribution in [0.5, 0.6) is 23.0 Å². The van der Waals surface area contributed by atoms with Crippen LogP contribution in [0, 0.1) is 0 Å². The summed E-state index contributed by atoms with van der Waals surface area (Å²) in [6.07, 6.45) is 3.60. The van der Waals surface area contributed by atoms with E-state index in [9.17, 15) is 4.79 Å². The number of benzene rings is 2. The van der Waals surface area contributed by atoms with E-state index in [1.807, 2.05) is 24.4 Å². The zero-order valence-corrected chi connectivity index (χ0v) is 18.0. The maximum absolute atomic E-state index is 12.9. The summed E-state index contributed by atoms with van der Waals surface area (Å²) in [6, 6.07) is 12.5. The quantitative estimate of drug-likeness (QED) is 0.415. The number of fused-ring (bicyclic) bond motifs is 1. The number of aromatic nitrogens is 3. The second-order valence-electron chi connectivity index (χ2n) is 6.89. The van der Waals surface area contributed by atoms with Gasteiger partial charge in [-0.3, -0.25) is 9.48 Å². The van der Waals surface area contributed by atoms with Gasteiger partial charge in [-0.1, -0.05) is 6.07 Å². The standard InChI is InChI=1S/C23H24N4O5/c1-29-19-14-20(30-2)22(31-3)21-17(19)13-18(26-21)23(28)25-15-6-4-7-16(12-15)32-11-10-27-9-5-8-24-27/h4-9,12-14,26H,10-11H2,1-3H3,(H,25,28). The second kappa shape index (κ2) is 9.34. The zero-order chi connectivity index (χ0) is 22.5. The Morgan fingerprint density at radius 1 is 1.06 bits per heavy atom. The van der Waals surface area contributed by atoms with E-state index in [-0.39, 0.29) is 5.91 Å². The number of aromatic amines is 1. The highest BCUT2D eigenvalue weighted by molar-refractivity contribution is 6.08. The van der Waals surface area contributed by atoms with Crippen molar-refractivity contribution in [2.24, 2.45) is 0 Å². The number of anilines is 1. The molecule has 166 valence electrons. The Labute approximate surface area is 184 Å². The molecule has 0 fully saturated rings. The average Bonchev–Trinajstić information content (AvgIpc) is 3.48.